The van der Waals surface area contributed by atoms with Crippen molar-refractivity contribution in [2.75, 3.05) is 16.8 Å². The number of benzene rings is 3. The van der Waals surface area contributed by atoms with E-state index in [0.29, 0.717) is 36.6 Å². The zero-order chi connectivity index (χ0) is 27.4. The molecule has 0 spiro atoms. The van der Waals surface area contributed by atoms with E-state index in [1.54, 1.807) is 36.5 Å². The number of nitrogens with zero attached hydrogens (tertiary/aromatic N) is 2. The van der Waals surface area contributed by atoms with Gasteiger partial charge in [-0.05, 0) is 59.7 Å². The first kappa shape index (κ1) is 27.4. The minimum Gasteiger partial charge on any atom is -0.484 e. The quantitative estimate of drug-likeness (QED) is 0.165. The number of thioether (sulfide) groups is 1. The van der Waals surface area contributed by atoms with Crippen LogP contribution in [0.5, 0.6) is 5.75 Å². The number of rotatable bonds is 8. The molecule has 2 amide bonds. The molecule has 0 atom stereocenters. The maximum absolute atomic E-state index is 12.9. The number of aromatic nitrogens is 1. The van der Waals surface area contributed by atoms with Crippen LogP contribution in [-0.2, 0) is 16.0 Å². The predicted molar refractivity (Wildman–Crippen MR) is 164 cm³/mol. The Labute approximate surface area is 248 Å². The average Bonchev–Trinajstić information content (AvgIpc) is 3.48. The number of hydrogen-bond donors (Lipinski definition) is 1. The van der Waals surface area contributed by atoms with Gasteiger partial charge in [0.1, 0.15) is 5.75 Å². The summed E-state index contributed by atoms with van der Waals surface area (Å²) in [6.07, 6.45) is 4.05. The Balaban J connectivity index is 1.14. The molecule has 0 radical (unpaired) electrons. The third-order valence-corrected chi connectivity index (χ3v) is 8.35. The van der Waals surface area contributed by atoms with E-state index in [0.717, 1.165) is 21.7 Å². The molecule has 0 aliphatic carbocycles. The van der Waals surface area contributed by atoms with E-state index in [-0.39, 0.29) is 18.4 Å². The van der Waals surface area contributed by atoms with Gasteiger partial charge in [0, 0.05) is 27.5 Å². The smallest absolute Gasteiger partial charge is 0.270 e. The fraction of sp³-hybridized carbons (Fsp3) is 0.0714. The Morgan fingerprint density at radius 2 is 1.85 bits per heavy atom. The van der Waals surface area contributed by atoms with E-state index >= 15 is 0 Å². The van der Waals surface area contributed by atoms with Crippen LogP contribution in [0, 0.1) is 0 Å². The number of thiocarbonyl (C=S) groups is 1. The Bertz CT molecular complexity index is 1570. The van der Waals surface area contributed by atoms with Crippen molar-refractivity contribution in [3.8, 4) is 5.75 Å². The highest BCUT2D eigenvalue weighted by Gasteiger charge is 2.33. The van der Waals surface area contributed by atoms with E-state index in [4.69, 9.17) is 40.2 Å². The molecule has 0 bridgehead atoms. The van der Waals surface area contributed by atoms with Crippen LogP contribution in [0.2, 0.25) is 10.0 Å². The number of nitrogens with one attached hydrogen (secondary N) is 1. The number of amides is 2. The minimum atomic E-state index is -0.328. The van der Waals surface area contributed by atoms with E-state index < -0.39 is 0 Å². The highest BCUT2D eigenvalue weighted by atomic mass is 35.5. The SMILES string of the molecule is O=C(COc1ccc(/C=C2\SC(=S)N(c3ccccc3)C2=O)cc1)Nc1ncc(Cc2cc(Cl)ccc2Cl)s1. The molecule has 6 nitrogen and oxygen atoms in total. The highest BCUT2D eigenvalue weighted by Crippen LogP contribution is 2.36. The lowest BCUT2D eigenvalue weighted by molar-refractivity contribution is -0.118. The highest BCUT2D eigenvalue weighted by molar-refractivity contribution is 8.27. The summed E-state index contributed by atoms with van der Waals surface area (Å²) in [4.78, 5) is 32.6. The summed E-state index contributed by atoms with van der Waals surface area (Å²) in [6.45, 7) is -0.176. The molecule has 2 heterocycles. The average molecular weight is 613 g/mol. The molecule has 4 aromatic rings. The molecule has 39 heavy (non-hydrogen) atoms. The third kappa shape index (κ3) is 6.87. The summed E-state index contributed by atoms with van der Waals surface area (Å²) in [5.41, 5.74) is 2.45. The number of anilines is 2. The molecular formula is C28H19Cl2N3O3S3. The number of ether oxygens (including phenoxy) is 1. The van der Waals surface area contributed by atoms with Crippen molar-refractivity contribution in [2.24, 2.45) is 0 Å². The van der Waals surface area contributed by atoms with Crippen molar-refractivity contribution in [1.82, 2.24) is 4.98 Å². The summed E-state index contributed by atoms with van der Waals surface area (Å²) in [5, 5.41) is 4.46. The van der Waals surface area contributed by atoms with Gasteiger partial charge in [0.25, 0.3) is 11.8 Å². The van der Waals surface area contributed by atoms with Crippen molar-refractivity contribution in [3.63, 3.8) is 0 Å². The molecular weight excluding hydrogens is 593 g/mol. The minimum absolute atomic E-state index is 0.158. The van der Waals surface area contributed by atoms with E-state index in [9.17, 15) is 9.59 Å². The van der Waals surface area contributed by atoms with Crippen molar-refractivity contribution in [1.29, 1.82) is 0 Å². The summed E-state index contributed by atoms with van der Waals surface area (Å²) in [7, 11) is 0. The van der Waals surface area contributed by atoms with Crippen molar-refractivity contribution in [2.45, 2.75) is 6.42 Å². The van der Waals surface area contributed by atoms with Gasteiger partial charge in [0.05, 0.1) is 10.6 Å². The summed E-state index contributed by atoms with van der Waals surface area (Å²) in [6, 6.07) is 21.7. The van der Waals surface area contributed by atoms with Gasteiger partial charge >= 0.3 is 0 Å². The van der Waals surface area contributed by atoms with Gasteiger partial charge in [-0.25, -0.2) is 4.98 Å². The second-order valence-electron chi connectivity index (χ2n) is 8.30. The van der Waals surface area contributed by atoms with Crippen LogP contribution in [0.3, 0.4) is 0 Å². The molecule has 1 aliphatic heterocycles. The van der Waals surface area contributed by atoms with Gasteiger partial charge in [-0.15, -0.1) is 11.3 Å². The van der Waals surface area contributed by atoms with Crippen molar-refractivity contribution >= 4 is 91.5 Å². The van der Waals surface area contributed by atoms with Gasteiger partial charge in [0.2, 0.25) is 0 Å². The number of carbonyl (C=O) groups is 2. The van der Waals surface area contributed by atoms with Crippen LogP contribution in [0.4, 0.5) is 10.8 Å². The predicted octanol–water partition coefficient (Wildman–Crippen LogP) is 7.46. The molecule has 3 aromatic carbocycles. The number of thiazole rings is 1. The lowest BCUT2D eigenvalue weighted by Gasteiger charge is -2.13. The summed E-state index contributed by atoms with van der Waals surface area (Å²) >= 11 is 20.3. The maximum atomic E-state index is 12.9. The molecule has 11 heteroatoms. The summed E-state index contributed by atoms with van der Waals surface area (Å²) in [5.74, 6) is 0.0362. The standard InChI is InChI=1S/C28H19Cl2N3O3S3/c29-19-8-11-23(30)18(13-19)14-22-15-31-27(38-22)32-25(34)16-36-21-9-6-17(7-10-21)12-24-26(35)33(28(37)39-24)20-4-2-1-3-5-20/h1-13,15H,14,16H2,(H,31,32,34)/b24-12-. The third-order valence-electron chi connectivity index (χ3n) is 5.53. The number of halogens is 2. The molecule has 0 saturated carbocycles. The van der Waals surface area contributed by atoms with Crippen molar-refractivity contribution < 1.29 is 14.3 Å². The largest absolute Gasteiger partial charge is 0.484 e. The molecule has 1 saturated heterocycles. The van der Waals surface area contributed by atoms with Gasteiger partial charge in [-0.3, -0.25) is 19.8 Å². The maximum Gasteiger partial charge on any atom is 0.270 e. The zero-order valence-electron chi connectivity index (χ0n) is 20.1. The van der Waals surface area contributed by atoms with Crippen LogP contribution >= 0.6 is 58.5 Å². The van der Waals surface area contributed by atoms with E-state index in [1.807, 2.05) is 48.5 Å². The fourth-order valence-electron chi connectivity index (χ4n) is 3.70. The monoisotopic (exact) mass is 611 g/mol. The molecule has 0 unspecified atom stereocenters. The van der Waals surface area contributed by atoms with Gasteiger partial charge < -0.3 is 4.74 Å². The lowest BCUT2D eigenvalue weighted by atomic mass is 10.1. The Kier molecular flexibility index (Phi) is 8.64. The molecule has 1 N–H and O–H groups in total. The fourth-order valence-corrected chi connectivity index (χ4v) is 6.23. The number of para-hydroxylation sites is 1. The Morgan fingerprint density at radius 1 is 1.08 bits per heavy atom. The van der Waals surface area contributed by atoms with Crippen LogP contribution in [0.1, 0.15) is 16.0 Å². The van der Waals surface area contributed by atoms with Crippen LogP contribution < -0.4 is 15.0 Å². The zero-order valence-corrected chi connectivity index (χ0v) is 24.1. The number of carbonyl (C=O) groups excluding carboxylic acids is 2. The molecule has 1 aliphatic rings. The lowest BCUT2D eigenvalue weighted by Crippen LogP contribution is -2.27. The molecule has 1 fully saturated rings. The van der Waals surface area contributed by atoms with Crippen LogP contribution in [0.25, 0.3) is 6.08 Å². The second-order valence-corrected chi connectivity index (χ2v) is 11.9. The molecule has 196 valence electrons. The first-order valence-corrected chi connectivity index (χ1v) is 14.4. The first-order valence-electron chi connectivity index (χ1n) is 11.6. The number of hydrogen-bond acceptors (Lipinski definition) is 7. The van der Waals surface area contributed by atoms with Crippen LogP contribution in [-0.4, -0.2) is 27.7 Å². The van der Waals surface area contributed by atoms with Gasteiger partial charge in [-0.2, -0.15) is 0 Å². The first-order chi connectivity index (χ1) is 18.9. The molecule has 1 aromatic heterocycles. The van der Waals surface area contributed by atoms with Crippen LogP contribution in [0.15, 0.2) is 83.9 Å². The van der Waals surface area contributed by atoms with Gasteiger partial charge in [0.15, 0.2) is 16.1 Å². The normalized spacial score (nSPS) is 14.2. The Hall–Kier alpha value is -3.21. The Morgan fingerprint density at radius 3 is 2.62 bits per heavy atom. The van der Waals surface area contributed by atoms with E-state index in [2.05, 4.69) is 10.3 Å². The molecule has 5 rings (SSSR count). The second kappa shape index (κ2) is 12.3. The van der Waals surface area contributed by atoms with E-state index in [1.165, 1.54) is 28.0 Å². The van der Waals surface area contributed by atoms with Crippen molar-refractivity contribution in [3.05, 3.63) is 110 Å². The topological polar surface area (TPSA) is 71.5 Å². The summed E-state index contributed by atoms with van der Waals surface area (Å²) < 4.78 is 6.11. The van der Waals surface area contributed by atoms with Gasteiger partial charge in [-0.1, -0.05) is 77.5 Å².